The molecule has 5 heteroatoms. The average molecular weight is 321 g/mol. The zero-order chi connectivity index (χ0) is 15.9. The number of rotatable bonds is 4. The minimum Gasteiger partial charge on any atom is -0.358 e. The SMILES string of the molecule is CN(C)CC#CC1CCC(CN(C)c2ccc(Cl)nn2)CC1. The van der Waals surface area contributed by atoms with Crippen LogP contribution in [0.4, 0.5) is 5.82 Å². The molecule has 2 rings (SSSR count). The standard InChI is InChI=1S/C17H25ClN4/c1-21(2)12-4-5-14-6-8-15(9-7-14)13-22(3)17-11-10-16(18)19-20-17/h10-11,14-15H,6-9,12-13H2,1-3H3. The van der Waals surface area contributed by atoms with Crippen molar-refractivity contribution in [3.63, 3.8) is 0 Å². The van der Waals surface area contributed by atoms with Gasteiger partial charge in [0.1, 0.15) is 0 Å². The third kappa shape index (κ3) is 5.47. The normalized spacial score (nSPS) is 21.3. The van der Waals surface area contributed by atoms with Crippen LogP contribution in [0.3, 0.4) is 0 Å². The molecule has 22 heavy (non-hydrogen) atoms. The Balaban J connectivity index is 1.77. The maximum atomic E-state index is 5.78. The second kappa shape index (κ2) is 8.36. The Kier molecular flexibility index (Phi) is 6.48. The Bertz CT molecular complexity index is 510. The molecule has 1 fully saturated rings. The van der Waals surface area contributed by atoms with E-state index in [1.54, 1.807) is 6.07 Å². The van der Waals surface area contributed by atoms with E-state index < -0.39 is 0 Å². The van der Waals surface area contributed by atoms with Crippen LogP contribution >= 0.6 is 11.6 Å². The second-order valence-corrected chi connectivity index (χ2v) is 6.76. The number of hydrogen-bond donors (Lipinski definition) is 0. The van der Waals surface area contributed by atoms with E-state index in [0.29, 0.717) is 11.1 Å². The molecule has 0 atom stereocenters. The van der Waals surface area contributed by atoms with Crippen molar-refractivity contribution >= 4 is 17.4 Å². The number of anilines is 1. The lowest BCUT2D eigenvalue weighted by Gasteiger charge is -2.29. The summed E-state index contributed by atoms with van der Waals surface area (Å²) in [5.74, 6) is 8.88. The van der Waals surface area contributed by atoms with Crippen LogP contribution in [-0.2, 0) is 0 Å². The molecule has 0 aliphatic heterocycles. The van der Waals surface area contributed by atoms with Crippen LogP contribution in [0.15, 0.2) is 12.1 Å². The maximum Gasteiger partial charge on any atom is 0.151 e. The van der Waals surface area contributed by atoms with Crippen molar-refractivity contribution in [1.82, 2.24) is 15.1 Å². The number of hydrogen-bond acceptors (Lipinski definition) is 4. The molecule has 1 aromatic heterocycles. The van der Waals surface area contributed by atoms with Crippen LogP contribution in [-0.4, -0.2) is 49.3 Å². The van der Waals surface area contributed by atoms with Crippen molar-refractivity contribution in [2.75, 3.05) is 39.1 Å². The molecular weight excluding hydrogens is 296 g/mol. The van der Waals surface area contributed by atoms with Crippen LogP contribution in [0.1, 0.15) is 25.7 Å². The van der Waals surface area contributed by atoms with E-state index in [1.807, 2.05) is 6.07 Å². The molecule has 120 valence electrons. The highest BCUT2D eigenvalue weighted by atomic mass is 35.5. The Morgan fingerprint density at radius 1 is 1.14 bits per heavy atom. The third-order valence-corrected chi connectivity index (χ3v) is 4.29. The molecule has 0 saturated heterocycles. The van der Waals surface area contributed by atoms with Crippen LogP contribution in [0.2, 0.25) is 5.15 Å². The Labute approximate surface area is 138 Å². The first-order valence-corrected chi connectivity index (χ1v) is 8.26. The molecular formula is C17H25ClN4. The van der Waals surface area contributed by atoms with Gasteiger partial charge in [-0.15, -0.1) is 10.2 Å². The summed E-state index contributed by atoms with van der Waals surface area (Å²) in [7, 11) is 6.18. The van der Waals surface area contributed by atoms with Gasteiger partial charge in [-0.3, -0.25) is 4.90 Å². The third-order valence-electron chi connectivity index (χ3n) is 4.09. The van der Waals surface area contributed by atoms with Gasteiger partial charge in [-0.05, 0) is 57.8 Å². The van der Waals surface area contributed by atoms with Crippen LogP contribution in [0, 0.1) is 23.7 Å². The first kappa shape index (κ1) is 17.1. The van der Waals surface area contributed by atoms with E-state index in [-0.39, 0.29) is 0 Å². The molecule has 0 radical (unpaired) electrons. The summed E-state index contributed by atoms with van der Waals surface area (Å²) in [5, 5.41) is 8.48. The maximum absolute atomic E-state index is 5.78. The highest BCUT2D eigenvalue weighted by Crippen LogP contribution is 2.29. The topological polar surface area (TPSA) is 32.3 Å². The quantitative estimate of drug-likeness (QED) is 0.798. The highest BCUT2D eigenvalue weighted by Gasteiger charge is 2.21. The van der Waals surface area contributed by atoms with Gasteiger partial charge in [0.2, 0.25) is 0 Å². The molecule has 1 heterocycles. The molecule has 4 nitrogen and oxygen atoms in total. The van der Waals surface area contributed by atoms with E-state index in [4.69, 9.17) is 11.6 Å². The van der Waals surface area contributed by atoms with E-state index in [1.165, 1.54) is 25.7 Å². The number of halogens is 1. The molecule has 0 bridgehead atoms. The second-order valence-electron chi connectivity index (χ2n) is 6.37. The van der Waals surface area contributed by atoms with Crippen molar-refractivity contribution in [2.45, 2.75) is 25.7 Å². The lowest BCUT2D eigenvalue weighted by atomic mass is 9.82. The summed E-state index contributed by atoms with van der Waals surface area (Å²) >= 11 is 5.78. The van der Waals surface area contributed by atoms with Gasteiger partial charge < -0.3 is 4.90 Å². The fraction of sp³-hybridized carbons (Fsp3) is 0.647. The average Bonchev–Trinajstić information content (AvgIpc) is 2.49. The Hall–Kier alpha value is -1.31. The van der Waals surface area contributed by atoms with Gasteiger partial charge in [0.15, 0.2) is 11.0 Å². The first-order valence-electron chi connectivity index (χ1n) is 7.88. The largest absolute Gasteiger partial charge is 0.358 e. The van der Waals surface area contributed by atoms with Crippen molar-refractivity contribution in [3.05, 3.63) is 17.3 Å². The molecule has 0 unspecified atom stereocenters. The van der Waals surface area contributed by atoms with Crippen LogP contribution in [0.5, 0.6) is 0 Å². The van der Waals surface area contributed by atoms with E-state index >= 15 is 0 Å². The van der Waals surface area contributed by atoms with Crippen molar-refractivity contribution in [3.8, 4) is 11.8 Å². The fourth-order valence-electron chi connectivity index (χ4n) is 2.83. The summed E-state index contributed by atoms with van der Waals surface area (Å²) in [6, 6.07) is 3.71. The Morgan fingerprint density at radius 3 is 2.45 bits per heavy atom. The zero-order valence-corrected chi connectivity index (χ0v) is 14.5. The Morgan fingerprint density at radius 2 is 1.86 bits per heavy atom. The highest BCUT2D eigenvalue weighted by molar-refractivity contribution is 6.29. The lowest BCUT2D eigenvalue weighted by Crippen LogP contribution is -2.29. The van der Waals surface area contributed by atoms with E-state index in [2.05, 4.69) is 53.0 Å². The van der Waals surface area contributed by atoms with E-state index in [9.17, 15) is 0 Å². The van der Waals surface area contributed by atoms with Crippen molar-refractivity contribution in [2.24, 2.45) is 11.8 Å². The summed E-state index contributed by atoms with van der Waals surface area (Å²) in [5.41, 5.74) is 0. The minimum atomic E-state index is 0.439. The van der Waals surface area contributed by atoms with Gasteiger partial charge in [0.05, 0.1) is 6.54 Å². The molecule has 1 saturated carbocycles. The molecule has 1 aromatic rings. The molecule has 0 spiro atoms. The van der Waals surface area contributed by atoms with Gasteiger partial charge >= 0.3 is 0 Å². The van der Waals surface area contributed by atoms with Crippen molar-refractivity contribution in [1.29, 1.82) is 0 Å². The summed E-state index contributed by atoms with van der Waals surface area (Å²) in [6.45, 7) is 1.88. The molecule has 1 aliphatic rings. The summed E-state index contributed by atoms with van der Waals surface area (Å²) in [6.07, 6.45) is 4.91. The molecule has 1 aliphatic carbocycles. The number of nitrogens with zero attached hydrogens (tertiary/aromatic N) is 4. The fourth-order valence-corrected chi connectivity index (χ4v) is 2.93. The molecule has 0 amide bonds. The van der Waals surface area contributed by atoms with Gasteiger partial charge in [-0.2, -0.15) is 0 Å². The summed E-state index contributed by atoms with van der Waals surface area (Å²) in [4.78, 5) is 4.28. The van der Waals surface area contributed by atoms with Gasteiger partial charge in [0.25, 0.3) is 0 Å². The zero-order valence-electron chi connectivity index (χ0n) is 13.7. The summed E-state index contributed by atoms with van der Waals surface area (Å²) < 4.78 is 0. The van der Waals surface area contributed by atoms with Crippen molar-refractivity contribution < 1.29 is 0 Å². The molecule has 0 N–H and O–H groups in total. The predicted molar refractivity (Wildman–Crippen MR) is 92.1 cm³/mol. The van der Waals surface area contributed by atoms with Gasteiger partial charge in [-0.25, -0.2) is 0 Å². The predicted octanol–water partition coefficient (Wildman–Crippen LogP) is 2.94. The minimum absolute atomic E-state index is 0.439. The first-order chi connectivity index (χ1) is 10.5. The van der Waals surface area contributed by atoms with Gasteiger partial charge in [-0.1, -0.05) is 23.4 Å². The monoisotopic (exact) mass is 320 g/mol. The van der Waals surface area contributed by atoms with E-state index in [0.717, 1.165) is 24.8 Å². The molecule has 0 aromatic carbocycles. The lowest BCUT2D eigenvalue weighted by molar-refractivity contribution is 0.319. The smallest absolute Gasteiger partial charge is 0.151 e. The van der Waals surface area contributed by atoms with Crippen LogP contribution < -0.4 is 4.90 Å². The van der Waals surface area contributed by atoms with Crippen LogP contribution in [0.25, 0.3) is 0 Å². The van der Waals surface area contributed by atoms with Gasteiger partial charge in [0, 0.05) is 19.5 Å². The number of aromatic nitrogens is 2.